The van der Waals surface area contributed by atoms with Crippen LogP contribution in [0.15, 0.2) is 60.8 Å². The number of anilines is 2. The van der Waals surface area contributed by atoms with Crippen LogP contribution in [-0.4, -0.2) is 77.4 Å². The van der Waals surface area contributed by atoms with Crippen LogP contribution in [0.2, 0.25) is 0 Å². The number of carbonyl (C=O) groups is 2. The highest BCUT2D eigenvalue weighted by molar-refractivity contribution is 5.91. The van der Waals surface area contributed by atoms with Crippen LogP contribution < -0.4 is 16.0 Å². The maximum atomic E-state index is 13.4. The van der Waals surface area contributed by atoms with E-state index in [1.165, 1.54) is 13.0 Å². The fourth-order valence-corrected chi connectivity index (χ4v) is 4.21. The first kappa shape index (κ1) is 26.2. The van der Waals surface area contributed by atoms with Gasteiger partial charge in [0.2, 0.25) is 11.8 Å². The largest absolute Gasteiger partial charge is 0.383 e. The van der Waals surface area contributed by atoms with Crippen LogP contribution in [0.25, 0.3) is 11.4 Å². The number of nitrogens with zero attached hydrogens (tertiary/aromatic N) is 4. The minimum atomic E-state index is -0.220. The van der Waals surface area contributed by atoms with E-state index >= 15 is 0 Å². The smallest absolute Gasteiger partial charge is 0.239 e. The third-order valence-electron chi connectivity index (χ3n) is 6.03. The van der Waals surface area contributed by atoms with Crippen molar-refractivity contribution in [2.75, 3.05) is 56.4 Å². The van der Waals surface area contributed by atoms with Gasteiger partial charge < -0.3 is 16.0 Å². The van der Waals surface area contributed by atoms with Crippen molar-refractivity contribution < 1.29 is 14.0 Å². The number of amides is 2. The molecule has 194 valence electrons. The maximum Gasteiger partial charge on any atom is 0.239 e. The number of nitrogens with one attached hydrogen (secondary N) is 3. The van der Waals surface area contributed by atoms with Gasteiger partial charge in [-0.3, -0.25) is 19.4 Å². The highest BCUT2D eigenvalue weighted by atomic mass is 19.1. The zero-order valence-corrected chi connectivity index (χ0v) is 20.9. The average Bonchev–Trinajstić information content (AvgIpc) is 2.88. The number of rotatable bonds is 10. The third-order valence-corrected chi connectivity index (χ3v) is 6.03. The van der Waals surface area contributed by atoms with Gasteiger partial charge in [0.05, 0.1) is 6.54 Å². The Bertz CT molecular complexity index is 1210. The highest BCUT2D eigenvalue weighted by Crippen LogP contribution is 2.25. The molecule has 0 aliphatic carbocycles. The first-order valence-electron chi connectivity index (χ1n) is 12.4. The second-order valence-electron chi connectivity index (χ2n) is 8.95. The topological polar surface area (TPSA) is 102 Å². The van der Waals surface area contributed by atoms with Crippen molar-refractivity contribution in [2.24, 2.45) is 0 Å². The van der Waals surface area contributed by atoms with Gasteiger partial charge in [0.1, 0.15) is 11.6 Å². The van der Waals surface area contributed by atoms with Crippen molar-refractivity contribution in [3.05, 3.63) is 72.2 Å². The summed E-state index contributed by atoms with van der Waals surface area (Å²) >= 11 is 0. The summed E-state index contributed by atoms with van der Waals surface area (Å²) in [5.74, 6) is 0.499. The van der Waals surface area contributed by atoms with E-state index in [4.69, 9.17) is 0 Å². The molecule has 1 aliphatic rings. The Morgan fingerprint density at radius 3 is 2.54 bits per heavy atom. The molecule has 0 unspecified atom stereocenters. The molecule has 1 aromatic heterocycles. The molecule has 2 amide bonds. The van der Waals surface area contributed by atoms with Gasteiger partial charge in [0.15, 0.2) is 5.82 Å². The van der Waals surface area contributed by atoms with Crippen molar-refractivity contribution in [1.29, 1.82) is 0 Å². The molecule has 0 spiro atoms. The second kappa shape index (κ2) is 12.9. The number of hydrogen-bond donors (Lipinski definition) is 3. The fraction of sp³-hybridized carbons (Fsp3) is 0.333. The van der Waals surface area contributed by atoms with Crippen molar-refractivity contribution in [2.45, 2.75) is 13.5 Å². The normalized spacial score (nSPS) is 14.2. The van der Waals surface area contributed by atoms with E-state index in [1.807, 2.05) is 30.3 Å². The Kier molecular flexibility index (Phi) is 9.12. The summed E-state index contributed by atoms with van der Waals surface area (Å²) < 4.78 is 13.4. The molecular formula is C27H32FN7O2. The number of para-hydroxylation sites is 1. The van der Waals surface area contributed by atoms with Gasteiger partial charge in [-0.15, -0.1) is 0 Å². The van der Waals surface area contributed by atoms with Gasteiger partial charge in [-0.2, -0.15) is 0 Å². The van der Waals surface area contributed by atoms with Crippen molar-refractivity contribution in [3.63, 3.8) is 0 Å². The number of aromatic nitrogens is 2. The number of piperazine rings is 1. The van der Waals surface area contributed by atoms with Crippen LogP contribution in [0.5, 0.6) is 0 Å². The summed E-state index contributed by atoms with van der Waals surface area (Å²) in [7, 11) is 0. The zero-order chi connectivity index (χ0) is 26.0. The number of benzene rings is 2. The van der Waals surface area contributed by atoms with Crippen LogP contribution in [-0.2, 0) is 16.1 Å². The van der Waals surface area contributed by atoms with Crippen molar-refractivity contribution in [1.82, 2.24) is 25.1 Å². The molecule has 10 heteroatoms. The summed E-state index contributed by atoms with van der Waals surface area (Å²) in [6, 6.07) is 16.0. The van der Waals surface area contributed by atoms with Crippen LogP contribution in [0.4, 0.5) is 15.9 Å². The lowest BCUT2D eigenvalue weighted by molar-refractivity contribution is -0.119. The van der Waals surface area contributed by atoms with E-state index in [0.29, 0.717) is 31.3 Å². The van der Waals surface area contributed by atoms with E-state index < -0.39 is 0 Å². The Hall–Kier alpha value is -3.89. The molecule has 3 aromatic rings. The minimum Gasteiger partial charge on any atom is -0.383 e. The molecular weight excluding hydrogens is 473 g/mol. The van der Waals surface area contributed by atoms with Gasteiger partial charge in [-0.1, -0.05) is 24.3 Å². The SMILES string of the molecule is CC(=O)NCCNc1ccccc1-c1nccc(NC(=O)CN2CCN(Cc3cccc(F)c3)CC2)n1. The van der Waals surface area contributed by atoms with Crippen molar-refractivity contribution >= 4 is 23.3 Å². The monoisotopic (exact) mass is 505 g/mol. The molecule has 3 N–H and O–H groups in total. The fourth-order valence-electron chi connectivity index (χ4n) is 4.21. The summed E-state index contributed by atoms with van der Waals surface area (Å²) in [6.45, 7) is 6.66. The van der Waals surface area contributed by atoms with Gasteiger partial charge in [0.25, 0.3) is 0 Å². The lowest BCUT2D eigenvalue weighted by atomic mass is 10.1. The van der Waals surface area contributed by atoms with E-state index in [-0.39, 0.29) is 24.2 Å². The first-order chi connectivity index (χ1) is 18.0. The highest BCUT2D eigenvalue weighted by Gasteiger charge is 2.19. The molecule has 9 nitrogen and oxygen atoms in total. The van der Waals surface area contributed by atoms with Crippen molar-refractivity contribution in [3.8, 4) is 11.4 Å². The van der Waals surface area contributed by atoms with E-state index in [2.05, 4.69) is 35.7 Å². The Morgan fingerprint density at radius 2 is 1.76 bits per heavy atom. The Balaban J connectivity index is 1.28. The molecule has 37 heavy (non-hydrogen) atoms. The molecule has 2 aromatic carbocycles. The van der Waals surface area contributed by atoms with Crippen LogP contribution >= 0.6 is 0 Å². The number of hydrogen-bond acceptors (Lipinski definition) is 7. The minimum absolute atomic E-state index is 0.0763. The molecule has 0 bridgehead atoms. The van der Waals surface area contributed by atoms with Crippen LogP contribution in [0.3, 0.4) is 0 Å². The molecule has 0 radical (unpaired) electrons. The summed E-state index contributed by atoms with van der Waals surface area (Å²) in [5, 5.41) is 8.93. The zero-order valence-electron chi connectivity index (χ0n) is 20.9. The first-order valence-corrected chi connectivity index (χ1v) is 12.4. The standard InChI is InChI=1S/C27H32FN7O2/c1-20(36)29-11-12-30-24-8-3-2-7-23(24)27-31-10-9-25(33-27)32-26(37)19-35-15-13-34(14-16-35)18-21-5-4-6-22(28)17-21/h2-10,17,30H,11-16,18-19H2,1H3,(H,29,36)(H,31,32,33,37). The van der Waals surface area contributed by atoms with E-state index in [0.717, 1.165) is 43.0 Å². The van der Waals surface area contributed by atoms with Crippen LogP contribution in [0.1, 0.15) is 12.5 Å². The molecule has 2 heterocycles. The number of halogens is 1. The lowest BCUT2D eigenvalue weighted by Crippen LogP contribution is -2.48. The summed E-state index contributed by atoms with van der Waals surface area (Å²) in [5.41, 5.74) is 2.60. The molecule has 4 rings (SSSR count). The van der Waals surface area contributed by atoms with Gasteiger partial charge in [0, 0.05) is 70.2 Å². The summed E-state index contributed by atoms with van der Waals surface area (Å²) in [6.07, 6.45) is 1.62. The molecule has 1 aliphatic heterocycles. The lowest BCUT2D eigenvalue weighted by Gasteiger charge is -2.34. The predicted molar refractivity (Wildman–Crippen MR) is 141 cm³/mol. The Morgan fingerprint density at radius 1 is 0.973 bits per heavy atom. The molecule has 0 saturated carbocycles. The van der Waals surface area contributed by atoms with Gasteiger partial charge in [-0.05, 0) is 35.9 Å². The maximum absolute atomic E-state index is 13.4. The quantitative estimate of drug-likeness (QED) is 0.364. The molecule has 1 fully saturated rings. The van der Waals surface area contributed by atoms with Gasteiger partial charge in [-0.25, -0.2) is 14.4 Å². The molecule has 0 atom stereocenters. The van der Waals surface area contributed by atoms with E-state index in [9.17, 15) is 14.0 Å². The second-order valence-corrected chi connectivity index (χ2v) is 8.95. The average molecular weight is 506 g/mol. The Labute approximate surface area is 216 Å². The van der Waals surface area contributed by atoms with Gasteiger partial charge >= 0.3 is 0 Å². The summed E-state index contributed by atoms with van der Waals surface area (Å²) in [4.78, 5) is 37.1. The third kappa shape index (κ3) is 8.06. The number of carbonyl (C=O) groups excluding carboxylic acids is 2. The predicted octanol–water partition coefficient (Wildman–Crippen LogP) is 2.59. The van der Waals surface area contributed by atoms with E-state index in [1.54, 1.807) is 24.4 Å². The molecule has 1 saturated heterocycles. The van der Waals surface area contributed by atoms with Crippen LogP contribution in [0, 0.1) is 5.82 Å².